The summed E-state index contributed by atoms with van der Waals surface area (Å²) >= 11 is 0. The van der Waals surface area contributed by atoms with E-state index in [1.807, 2.05) is 14.1 Å². The average Bonchev–Trinajstić information content (AvgIpc) is 1.84. The van der Waals surface area contributed by atoms with Crippen molar-refractivity contribution < 1.29 is 14.4 Å². The smallest absolute Gasteiger partial charge is 0.359 e. The van der Waals surface area contributed by atoms with E-state index >= 15 is 0 Å². The molecule has 1 N–H and O–H groups in total. The largest absolute Gasteiger partial charge is 0.477 e. The summed E-state index contributed by atoms with van der Waals surface area (Å²) in [6, 6.07) is 0. The summed E-state index contributed by atoms with van der Waals surface area (Å²) in [6.45, 7) is 3.33. The molecule has 0 aromatic carbocycles. The maximum atomic E-state index is 10.4. The van der Waals surface area contributed by atoms with Crippen molar-refractivity contribution in [2.24, 2.45) is 0 Å². The molecule has 0 rings (SSSR count). The quantitative estimate of drug-likeness (QED) is 0.487. The zero-order valence-electron chi connectivity index (χ0n) is 8.34. The van der Waals surface area contributed by atoms with Crippen molar-refractivity contribution in [3.05, 3.63) is 0 Å². The van der Waals surface area contributed by atoms with E-state index in [4.69, 9.17) is 5.11 Å². The highest BCUT2D eigenvalue weighted by Crippen LogP contribution is 2.02. The fraction of sp³-hybridized carbons (Fsp3) is 0.889. The molecular weight excluding hydrogens is 154 g/mol. The summed E-state index contributed by atoms with van der Waals surface area (Å²) in [5.41, 5.74) is 0. The molecular formula is C9H20NO2+. The molecule has 0 atom stereocenters. The van der Waals surface area contributed by atoms with Crippen molar-refractivity contribution in [2.75, 3.05) is 27.2 Å². The van der Waals surface area contributed by atoms with E-state index in [1.54, 1.807) is 0 Å². The van der Waals surface area contributed by atoms with Crippen LogP contribution in [-0.4, -0.2) is 42.7 Å². The number of quaternary nitrogens is 1. The molecule has 0 saturated carbocycles. The molecule has 0 fully saturated rings. The van der Waals surface area contributed by atoms with Gasteiger partial charge in [0.25, 0.3) is 0 Å². The predicted octanol–water partition coefficient (Wildman–Crippen LogP) is 1.34. The summed E-state index contributed by atoms with van der Waals surface area (Å²) in [7, 11) is 3.92. The second-order valence-electron chi connectivity index (χ2n) is 3.92. The fourth-order valence-corrected chi connectivity index (χ4v) is 1.24. The Bertz CT molecular complexity index is 143. The van der Waals surface area contributed by atoms with E-state index in [-0.39, 0.29) is 6.54 Å². The molecule has 0 spiro atoms. The van der Waals surface area contributed by atoms with Crippen molar-refractivity contribution in [2.45, 2.75) is 26.2 Å². The van der Waals surface area contributed by atoms with Crippen molar-refractivity contribution in [3.63, 3.8) is 0 Å². The van der Waals surface area contributed by atoms with E-state index in [2.05, 4.69) is 6.92 Å². The molecule has 72 valence electrons. The second-order valence-corrected chi connectivity index (χ2v) is 3.92. The third kappa shape index (κ3) is 6.16. The Kier molecular flexibility index (Phi) is 4.90. The zero-order valence-corrected chi connectivity index (χ0v) is 8.34. The number of carboxylic acid groups (broad SMARTS) is 1. The minimum Gasteiger partial charge on any atom is -0.477 e. The molecule has 0 aliphatic carbocycles. The molecule has 0 saturated heterocycles. The third-order valence-electron chi connectivity index (χ3n) is 1.93. The minimum atomic E-state index is -0.712. The first-order valence-corrected chi connectivity index (χ1v) is 4.52. The number of hydrogen-bond acceptors (Lipinski definition) is 1. The van der Waals surface area contributed by atoms with Crippen LogP contribution < -0.4 is 0 Å². The lowest BCUT2D eigenvalue weighted by Crippen LogP contribution is -2.44. The van der Waals surface area contributed by atoms with Gasteiger partial charge in [-0.15, -0.1) is 0 Å². The molecule has 0 aliphatic rings. The van der Waals surface area contributed by atoms with Crippen LogP contribution in [0.5, 0.6) is 0 Å². The number of likely N-dealkylation sites (N-methyl/N-ethyl adjacent to an activating group) is 1. The molecule has 0 amide bonds. The first-order valence-electron chi connectivity index (χ1n) is 4.52. The summed E-state index contributed by atoms with van der Waals surface area (Å²) in [4.78, 5) is 10.4. The number of aliphatic carboxylic acids is 1. The normalized spacial score (nSPS) is 11.6. The molecule has 3 nitrogen and oxygen atoms in total. The van der Waals surface area contributed by atoms with Gasteiger partial charge in [-0.05, 0) is 12.8 Å². The van der Waals surface area contributed by atoms with Crippen molar-refractivity contribution in [1.82, 2.24) is 0 Å². The van der Waals surface area contributed by atoms with Gasteiger partial charge >= 0.3 is 5.97 Å². The van der Waals surface area contributed by atoms with Gasteiger partial charge in [0.1, 0.15) is 0 Å². The van der Waals surface area contributed by atoms with Gasteiger partial charge in [0.2, 0.25) is 0 Å². The number of carboxylic acids is 1. The summed E-state index contributed by atoms with van der Waals surface area (Å²) in [5, 5.41) is 8.59. The van der Waals surface area contributed by atoms with Crippen LogP contribution in [0.15, 0.2) is 0 Å². The molecule has 0 radical (unpaired) electrons. The van der Waals surface area contributed by atoms with Crippen LogP contribution in [0.2, 0.25) is 0 Å². The van der Waals surface area contributed by atoms with Gasteiger partial charge < -0.3 is 9.59 Å². The highest BCUT2D eigenvalue weighted by molar-refractivity contribution is 5.67. The van der Waals surface area contributed by atoms with Crippen molar-refractivity contribution in [3.8, 4) is 0 Å². The Hall–Kier alpha value is -0.570. The minimum absolute atomic E-state index is 0.226. The Morgan fingerprint density at radius 3 is 2.33 bits per heavy atom. The predicted molar refractivity (Wildman–Crippen MR) is 49.0 cm³/mol. The van der Waals surface area contributed by atoms with Gasteiger partial charge in [-0.1, -0.05) is 13.3 Å². The van der Waals surface area contributed by atoms with Crippen LogP contribution in [-0.2, 0) is 4.79 Å². The van der Waals surface area contributed by atoms with Crippen molar-refractivity contribution in [1.29, 1.82) is 0 Å². The van der Waals surface area contributed by atoms with E-state index in [9.17, 15) is 4.79 Å². The lowest BCUT2D eigenvalue weighted by atomic mass is 10.2. The Balaban J connectivity index is 3.63. The molecule has 0 aromatic heterocycles. The molecule has 0 heterocycles. The zero-order chi connectivity index (χ0) is 9.61. The topological polar surface area (TPSA) is 37.3 Å². The summed E-state index contributed by atoms with van der Waals surface area (Å²) in [6.07, 6.45) is 3.51. The summed E-state index contributed by atoms with van der Waals surface area (Å²) in [5.74, 6) is -0.712. The number of carbonyl (C=O) groups is 1. The maximum absolute atomic E-state index is 10.4. The van der Waals surface area contributed by atoms with Crippen molar-refractivity contribution >= 4 is 5.97 Å². The highest BCUT2D eigenvalue weighted by Gasteiger charge is 2.18. The van der Waals surface area contributed by atoms with Gasteiger partial charge in [-0.25, -0.2) is 4.79 Å². The molecule has 12 heavy (non-hydrogen) atoms. The molecule has 3 heteroatoms. The number of rotatable bonds is 6. The Labute approximate surface area is 74.6 Å². The fourth-order valence-electron chi connectivity index (χ4n) is 1.24. The number of hydrogen-bond donors (Lipinski definition) is 1. The van der Waals surface area contributed by atoms with E-state index in [0.717, 1.165) is 13.0 Å². The third-order valence-corrected chi connectivity index (χ3v) is 1.93. The van der Waals surface area contributed by atoms with Gasteiger partial charge in [0, 0.05) is 0 Å². The average molecular weight is 174 g/mol. The monoisotopic (exact) mass is 174 g/mol. The number of unbranched alkanes of at least 4 members (excludes halogenated alkanes) is 2. The lowest BCUT2D eigenvalue weighted by molar-refractivity contribution is -0.883. The Morgan fingerprint density at radius 1 is 1.33 bits per heavy atom. The van der Waals surface area contributed by atoms with Gasteiger partial charge in [-0.3, -0.25) is 0 Å². The van der Waals surface area contributed by atoms with E-state index < -0.39 is 5.97 Å². The molecule has 0 bridgehead atoms. The van der Waals surface area contributed by atoms with Crippen LogP contribution in [0.25, 0.3) is 0 Å². The SMILES string of the molecule is CCCCC[N+](C)(C)CC(=O)O. The lowest BCUT2D eigenvalue weighted by Gasteiger charge is -2.27. The standard InChI is InChI=1S/C9H19NO2/c1-4-5-6-7-10(2,3)8-9(11)12/h4-8H2,1-3H3/p+1. The van der Waals surface area contributed by atoms with Crippen LogP contribution in [0.1, 0.15) is 26.2 Å². The molecule has 0 unspecified atom stereocenters. The van der Waals surface area contributed by atoms with Crippen LogP contribution in [0, 0.1) is 0 Å². The summed E-state index contributed by atoms with van der Waals surface area (Å²) < 4.78 is 0.593. The first-order chi connectivity index (χ1) is 5.48. The molecule has 0 aromatic rings. The first kappa shape index (κ1) is 11.4. The van der Waals surface area contributed by atoms with Crippen LogP contribution >= 0.6 is 0 Å². The van der Waals surface area contributed by atoms with E-state index in [0.29, 0.717) is 4.48 Å². The number of nitrogens with zero attached hydrogens (tertiary/aromatic N) is 1. The Morgan fingerprint density at radius 2 is 1.92 bits per heavy atom. The van der Waals surface area contributed by atoms with Gasteiger partial charge in [0.05, 0.1) is 20.6 Å². The second kappa shape index (κ2) is 5.14. The molecule has 0 aliphatic heterocycles. The van der Waals surface area contributed by atoms with Gasteiger partial charge in [-0.2, -0.15) is 0 Å². The van der Waals surface area contributed by atoms with Crippen LogP contribution in [0.3, 0.4) is 0 Å². The highest BCUT2D eigenvalue weighted by atomic mass is 16.4. The maximum Gasteiger partial charge on any atom is 0.359 e. The van der Waals surface area contributed by atoms with Crippen LogP contribution in [0.4, 0.5) is 0 Å². The van der Waals surface area contributed by atoms with Gasteiger partial charge in [0.15, 0.2) is 6.54 Å². The van der Waals surface area contributed by atoms with E-state index in [1.165, 1.54) is 12.8 Å².